The first kappa shape index (κ1) is 24.1. The van der Waals surface area contributed by atoms with Gasteiger partial charge in [-0.25, -0.2) is 0 Å². The maximum Gasteiger partial charge on any atom is 0.310 e. The van der Waals surface area contributed by atoms with Gasteiger partial charge in [0.05, 0.1) is 19.6 Å². The summed E-state index contributed by atoms with van der Waals surface area (Å²) in [6.45, 7) is 9.12. The van der Waals surface area contributed by atoms with Crippen molar-refractivity contribution in [1.29, 1.82) is 0 Å². The van der Waals surface area contributed by atoms with Crippen molar-refractivity contribution in [3.63, 3.8) is 0 Å². The smallest absolute Gasteiger partial charge is 0.310 e. The molecule has 0 aliphatic carbocycles. The Morgan fingerprint density at radius 1 is 1.12 bits per heavy atom. The summed E-state index contributed by atoms with van der Waals surface area (Å²) in [5, 5.41) is 6.45. The van der Waals surface area contributed by atoms with Gasteiger partial charge in [-0.05, 0) is 49.1 Å². The summed E-state index contributed by atoms with van der Waals surface area (Å²) >= 11 is 0. The minimum Gasteiger partial charge on any atom is -0.493 e. The minimum absolute atomic E-state index is 0.218. The third kappa shape index (κ3) is 5.71. The number of rotatable bonds is 10. The molecule has 4 rings (SSSR count). The zero-order chi connectivity index (χ0) is 23.9. The monoisotopic (exact) mass is 460 g/mol. The molecule has 1 heterocycles. The molecule has 1 fully saturated rings. The molecule has 0 radical (unpaired) electrons. The Hall–Kier alpha value is -3.05. The Labute approximate surface area is 203 Å². The fourth-order valence-electron chi connectivity index (χ4n) is 4.80. The van der Waals surface area contributed by atoms with E-state index in [0.29, 0.717) is 19.3 Å². The van der Waals surface area contributed by atoms with Crippen molar-refractivity contribution < 1.29 is 14.3 Å². The first-order chi connectivity index (χ1) is 16.6. The van der Waals surface area contributed by atoms with Crippen LogP contribution in [0.3, 0.4) is 0 Å². The summed E-state index contributed by atoms with van der Waals surface area (Å²) in [5.74, 6) is 0.567. The zero-order valence-corrected chi connectivity index (χ0v) is 20.5. The highest BCUT2D eigenvalue weighted by molar-refractivity contribution is 5.86. The Kier molecular flexibility index (Phi) is 8.07. The van der Waals surface area contributed by atoms with E-state index in [1.807, 2.05) is 13.0 Å². The average Bonchev–Trinajstić information content (AvgIpc) is 3.31. The molecule has 3 aromatic rings. The lowest BCUT2D eigenvalue weighted by atomic mass is 9.99. The van der Waals surface area contributed by atoms with E-state index in [-0.39, 0.29) is 18.4 Å². The van der Waals surface area contributed by atoms with Gasteiger partial charge in [0.15, 0.2) is 0 Å². The highest BCUT2D eigenvalue weighted by atomic mass is 16.5. The van der Waals surface area contributed by atoms with Crippen LogP contribution in [0.4, 0.5) is 5.69 Å². The van der Waals surface area contributed by atoms with E-state index in [1.165, 1.54) is 16.3 Å². The summed E-state index contributed by atoms with van der Waals surface area (Å²) in [5.41, 5.74) is 3.37. The van der Waals surface area contributed by atoms with Crippen molar-refractivity contribution in [3.8, 4) is 5.75 Å². The quantitative estimate of drug-likeness (QED) is 0.396. The zero-order valence-electron chi connectivity index (χ0n) is 20.5. The number of fused-ring (bicyclic) bond motifs is 1. The number of benzene rings is 3. The molecule has 1 saturated heterocycles. The maximum absolute atomic E-state index is 12.0. The lowest BCUT2D eigenvalue weighted by Gasteiger charge is -2.23. The fourth-order valence-corrected chi connectivity index (χ4v) is 4.80. The van der Waals surface area contributed by atoms with Gasteiger partial charge in [0, 0.05) is 42.5 Å². The first-order valence-corrected chi connectivity index (χ1v) is 12.5. The van der Waals surface area contributed by atoms with E-state index >= 15 is 0 Å². The van der Waals surface area contributed by atoms with Crippen LogP contribution in [0.25, 0.3) is 10.8 Å². The van der Waals surface area contributed by atoms with Crippen LogP contribution in [0.5, 0.6) is 5.75 Å². The lowest BCUT2D eigenvalue weighted by Crippen LogP contribution is -2.34. The minimum atomic E-state index is -0.218. The number of anilines is 1. The van der Waals surface area contributed by atoms with E-state index in [2.05, 4.69) is 78.7 Å². The number of carbonyl (C=O) groups is 1. The van der Waals surface area contributed by atoms with Gasteiger partial charge >= 0.3 is 5.97 Å². The lowest BCUT2D eigenvalue weighted by molar-refractivity contribution is -0.142. The Bertz CT molecular complexity index is 1110. The summed E-state index contributed by atoms with van der Waals surface area (Å²) < 4.78 is 11.1. The molecule has 0 unspecified atom stereocenters. The van der Waals surface area contributed by atoms with Crippen LogP contribution in [-0.4, -0.2) is 38.3 Å². The van der Waals surface area contributed by atoms with Crippen molar-refractivity contribution in [2.45, 2.75) is 52.1 Å². The molecular weight excluding hydrogens is 424 g/mol. The molecule has 0 bridgehead atoms. The van der Waals surface area contributed by atoms with Gasteiger partial charge in [0.1, 0.15) is 5.75 Å². The molecule has 1 aliphatic heterocycles. The Balaban J connectivity index is 1.44. The van der Waals surface area contributed by atoms with Crippen LogP contribution in [0.2, 0.25) is 0 Å². The molecule has 1 aliphatic rings. The van der Waals surface area contributed by atoms with Gasteiger partial charge in [-0.3, -0.25) is 4.79 Å². The van der Waals surface area contributed by atoms with Gasteiger partial charge in [0.2, 0.25) is 0 Å². The SMILES string of the molecule is CCCOc1cc(N2CC[C@H](N[C@H](C)c3cccc4ccccc34)C2)ccc1CC(=O)OCC. The molecule has 0 saturated carbocycles. The molecule has 5 nitrogen and oxygen atoms in total. The van der Waals surface area contributed by atoms with Crippen LogP contribution < -0.4 is 15.0 Å². The van der Waals surface area contributed by atoms with Crippen molar-refractivity contribution in [1.82, 2.24) is 5.32 Å². The number of hydrogen-bond donors (Lipinski definition) is 1. The second kappa shape index (κ2) is 11.4. The Morgan fingerprint density at radius 2 is 1.94 bits per heavy atom. The first-order valence-electron chi connectivity index (χ1n) is 12.5. The van der Waals surface area contributed by atoms with Gasteiger partial charge in [0.25, 0.3) is 0 Å². The maximum atomic E-state index is 12.0. The molecule has 34 heavy (non-hydrogen) atoms. The second-order valence-corrected chi connectivity index (χ2v) is 9.01. The molecule has 180 valence electrons. The predicted molar refractivity (Wildman–Crippen MR) is 139 cm³/mol. The predicted octanol–water partition coefficient (Wildman–Crippen LogP) is 5.66. The number of hydrogen-bond acceptors (Lipinski definition) is 5. The van der Waals surface area contributed by atoms with Crippen LogP contribution in [0.1, 0.15) is 50.8 Å². The molecule has 0 amide bonds. The standard InChI is InChI=1S/C29H36N2O3/c1-4-17-34-28-19-25(14-13-23(28)18-29(32)33-5-2)31-16-15-24(20-31)30-21(3)26-12-8-10-22-9-6-7-11-27(22)26/h6-14,19,21,24,30H,4-5,15-18,20H2,1-3H3/t21-,24+/m1/s1. The molecule has 3 aromatic carbocycles. The topological polar surface area (TPSA) is 50.8 Å². The number of nitrogens with one attached hydrogen (secondary N) is 1. The summed E-state index contributed by atoms with van der Waals surface area (Å²) in [6.07, 6.45) is 2.25. The second-order valence-electron chi connectivity index (χ2n) is 9.01. The highest BCUT2D eigenvalue weighted by Crippen LogP contribution is 2.30. The molecule has 5 heteroatoms. The largest absolute Gasteiger partial charge is 0.493 e. The third-order valence-corrected chi connectivity index (χ3v) is 6.48. The van der Waals surface area contributed by atoms with E-state index in [9.17, 15) is 4.79 Å². The van der Waals surface area contributed by atoms with Crippen LogP contribution >= 0.6 is 0 Å². The summed E-state index contributed by atoms with van der Waals surface area (Å²) in [6, 6.07) is 22.0. The van der Waals surface area contributed by atoms with Crippen molar-refractivity contribution in [2.24, 2.45) is 0 Å². The van der Waals surface area contributed by atoms with Crippen LogP contribution in [-0.2, 0) is 16.0 Å². The van der Waals surface area contributed by atoms with Crippen LogP contribution in [0, 0.1) is 0 Å². The molecular formula is C29H36N2O3. The molecule has 0 aromatic heterocycles. The van der Waals surface area contributed by atoms with Crippen LogP contribution in [0.15, 0.2) is 60.7 Å². The van der Waals surface area contributed by atoms with Gasteiger partial charge in [-0.1, -0.05) is 55.5 Å². The van der Waals surface area contributed by atoms with Gasteiger partial charge in [-0.15, -0.1) is 0 Å². The van der Waals surface area contributed by atoms with Gasteiger partial charge < -0.3 is 19.7 Å². The third-order valence-electron chi connectivity index (χ3n) is 6.48. The highest BCUT2D eigenvalue weighted by Gasteiger charge is 2.25. The summed E-state index contributed by atoms with van der Waals surface area (Å²) in [7, 11) is 0. The summed E-state index contributed by atoms with van der Waals surface area (Å²) in [4.78, 5) is 14.4. The van der Waals surface area contributed by atoms with Crippen molar-refractivity contribution in [2.75, 3.05) is 31.2 Å². The van der Waals surface area contributed by atoms with Crippen molar-refractivity contribution >= 4 is 22.4 Å². The number of esters is 1. The number of carbonyl (C=O) groups excluding carboxylic acids is 1. The average molecular weight is 461 g/mol. The number of nitrogens with zero attached hydrogens (tertiary/aromatic N) is 1. The van der Waals surface area contributed by atoms with E-state index in [1.54, 1.807) is 0 Å². The fraction of sp³-hybridized carbons (Fsp3) is 0.414. The molecule has 0 spiro atoms. The van der Waals surface area contributed by atoms with E-state index in [4.69, 9.17) is 9.47 Å². The van der Waals surface area contributed by atoms with E-state index < -0.39 is 0 Å². The molecule has 1 N–H and O–H groups in total. The molecule has 2 atom stereocenters. The van der Waals surface area contributed by atoms with Gasteiger partial charge in [-0.2, -0.15) is 0 Å². The van der Waals surface area contributed by atoms with Crippen molar-refractivity contribution in [3.05, 3.63) is 71.8 Å². The Morgan fingerprint density at radius 3 is 2.76 bits per heavy atom. The number of ether oxygens (including phenoxy) is 2. The normalized spacial score (nSPS) is 16.6. The van der Waals surface area contributed by atoms with E-state index in [0.717, 1.165) is 42.9 Å².